The number of hydrogen-bond acceptors (Lipinski definition) is 3. The summed E-state index contributed by atoms with van der Waals surface area (Å²) in [5, 5.41) is 9.91. The Labute approximate surface area is 101 Å². The molecule has 0 amide bonds. The maximum absolute atomic E-state index is 9.06. The van der Waals surface area contributed by atoms with E-state index in [1.54, 1.807) is 12.1 Å². The van der Waals surface area contributed by atoms with Crippen molar-refractivity contribution in [1.29, 1.82) is 5.26 Å². The number of benzene rings is 1. The van der Waals surface area contributed by atoms with E-state index in [0.29, 0.717) is 23.5 Å². The summed E-state index contributed by atoms with van der Waals surface area (Å²) in [4.78, 5) is 0. The number of fused-ring (bicyclic) bond motifs is 1. The molecular formula is C14H15NO2. The van der Waals surface area contributed by atoms with Gasteiger partial charge in [0.25, 0.3) is 0 Å². The summed E-state index contributed by atoms with van der Waals surface area (Å²) in [6, 6.07) is 7.70. The van der Waals surface area contributed by atoms with E-state index >= 15 is 0 Å². The Morgan fingerprint density at radius 3 is 2.82 bits per heavy atom. The zero-order valence-corrected chi connectivity index (χ0v) is 10.1. The highest BCUT2D eigenvalue weighted by atomic mass is 16.5. The van der Waals surface area contributed by atoms with Gasteiger partial charge in [0.05, 0.1) is 18.2 Å². The molecule has 2 rings (SSSR count). The second kappa shape index (κ2) is 4.92. The van der Waals surface area contributed by atoms with Gasteiger partial charge in [-0.25, -0.2) is 0 Å². The zero-order valence-electron chi connectivity index (χ0n) is 10.1. The summed E-state index contributed by atoms with van der Waals surface area (Å²) in [6.45, 7) is 4.62. The molecule has 0 aliphatic rings. The summed E-state index contributed by atoms with van der Waals surface area (Å²) in [6.07, 6.45) is 1.90. The normalized spacial score (nSPS) is 10.4. The highest BCUT2D eigenvalue weighted by Gasteiger charge is 2.12. The van der Waals surface area contributed by atoms with Crippen LogP contribution in [0.2, 0.25) is 0 Å². The predicted molar refractivity (Wildman–Crippen MR) is 66.1 cm³/mol. The first-order valence-electron chi connectivity index (χ1n) is 5.88. The summed E-state index contributed by atoms with van der Waals surface area (Å²) in [7, 11) is 0. The summed E-state index contributed by atoms with van der Waals surface area (Å²) in [5.41, 5.74) is 1.32. The minimum atomic E-state index is 0.588. The van der Waals surface area contributed by atoms with E-state index in [-0.39, 0.29) is 0 Å². The van der Waals surface area contributed by atoms with Crippen molar-refractivity contribution in [3.8, 4) is 11.8 Å². The van der Waals surface area contributed by atoms with Gasteiger partial charge in [0, 0.05) is 11.8 Å². The van der Waals surface area contributed by atoms with E-state index in [2.05, 4.69) is 13.0 Å². The average molecular weight is 229 g/mol. The fraction of sp³-hybridized carbons (Fsp3) is 0.357. The average Bonchev–Trinajstić information content (AvgIpc) is 2.74. The first-order valence-corrected chi connectivity index (χ1v) is 5.88. The summed E-state index contributed by atoms with van der Waals surface area (Å²) >= 11 is 0. The Bertz CT molecular complexity index is 563. The Hall–Kier alpha value is -1.95. The van der Waals surface area contributed by atoms with Crippen LogP contribution in [0.5, 0.6) is 5.75 Å². The number of nitrogens with zero attached hydrogens (tertiary/aromatic N) is 1. The second-order valence-corrected chi connectivity index (χ2v) is 3.86. The molecule has 0 atom stereocenters. The van der Waals surface area contributed by atoms with Gasteiger partial charge in [0.15, 0.2) is 11.3 Å². The van der Waals surface area contributed by atoms with Crippen molar-refractivity contribution >= 4 is 11.0 Å². The predicted octanol–water partition coefficient (Wildman–Crippen LogP) is 3.66. The molecule has 0 fully saturated rings. The number of furan rings is 1. The van der Waals surface area contributed by atoms with Gasteiger partial charge in [0.1, 0.15) is 5.76 Å². The molecule has 0 spiro atoms. The van der Waals surface area contributed by atoms with Crippen molar-refractivity contribution in [2.75, 3.05) is 6.61 Å². The molecule has 0 unspecified atom stereocenters. The van der Waals surface area contributed by atoms with Gasteiger partial charge in [-0.05, 0) is 31.5 Å². The number of aryl methyl sites for hydroxylation is 1. The first-order chi connectivity index (χ1) is 8.30. The van der Waals surface area contributed by atoms with E-state index < -0.39 is 0 Å². The third-order valence-electron chi connectivity index (χ3n) is 2.62. The molecular weight excluding hydrogens is 214 g/mol. The maximum atomic E-state index is 9.06. The lowest BCUT2D eigenvalue weighted by Gasteiger charge is -2.03. The van der Waals surface area contributed by atoms with Crippen molar-refractivity contribution < 1.29 is 9.15 Å². The van der Waals surface area contributed by atoms with E-state index in [1.165, 1.54) is 0 Å². The van der Waals surface area contributed by atoms with Gasteiger partial charge < -0.3 is 9.15 Å². The van der Waals surface area contributed by atoms with E-state index in [0.717, 1.165) is 24.0 Å². The van der Waals surface area contributed by atoms with Crippen molar-refractivity contribution in [2.45, 2.75) is 26.7 Å². The lowest BCUT2D eigenvalue weighted by atomic mass is 10.1. The molecule has 2 aromatic rings. The molecule has 88 valence electrons. The number of ether oxygens (including phenoxy) is 1. The van der Waals surface area contributed by atoms with Crippen molar-refractivity contribution in [3.05, 3.63) is 29.5 Å². The number of rotatable bonds is 4. The standard InChI is InChI=1S/C14H15NO2/c1-3-5-11-8-12-10(9-15)6-7-13(16-4-2)14(12)17-11/h6-8H,3-5H2,1-2H3. The lowest BCUT2D eigenvalue weighted by molar-refractivity contribution is 0.337. The molecule has 0 saturated heterocycles. The molecule has 0 bridgehead atoms. The number of hydrogen-bond donors (Lipinski definition) is 0. The third kappa shape index (κ3) is 2.12. The highest BCUT2D eigenvalue weighted by Crippen LogP contribution is 2.31. The number of nitriles is 1. The van der Waals surface area contributed by atoms with Crippen LogP contribution in [0.3, 0.4) is 0 Å². The van der Waals surface area contributed by atoms with E-state index in [9.17, 15) is 0 Å². The Morgan fingerprint density at radius 1 is 1.35 bits per heavy atom. The molecule has 0 aliphatic carbocycles. The van der Waals surface area contributed by atoms with Gasteiger partial charge >= 0.3 is 0 Å². The molecule has 1 aromatic carbocycles. The molecule has 3 heteroatoms. The SMILES string of the molecule is CCCc1cc2c(C#N)ccc(OCC)c2o1. The molecule has 0 radical (unpaired) electrons. The lowest BCUT2D eigenvalue weighted by Crippen LogP contribution is -1.91. The largest absolute Gasteiger partial charge is 0.490 e. The summed E-state index contributed by atoms with van der Waals surface area (Å²) in [5.74, 6) is 1.62. The molecule has 17 heavy (non-hydrogen) atoms. The van der Waals surface area contributed by atoms with Gasteiger partial charge in [-0.15, -0.1) is 0 Å². The molecule has 0 saturated carbocycles. The molecule has 1 aromatic heterocycles. The fourth-order valence-corrected chi connectivity index (χ4v) is 1.89. The minimum Gasteiger partial charge on any atom is -0.490 e. The van der Waals surface area contributed by atoms with Crippen molar-refractivity contribution in [1.82, 2.24) is 0 Å². The molecule has 3 nitrogen and oxygen atoms in total. The fourth-order valence-electron chi connectivity index (χ4n) is 1.89. The van der Waals surface area contributed by atoms with Crippen LogP contribution in [0.15, 0.2) is 22.6 Å². The molecule has 1 heterocycles. The second-order valence-electron chi connectivity index (χ2n) is 3.86. The smallest absolute Gasteiger partial charge is 0.177 e. The maximum Gasteiger partial charge on any atom is 0.177 e. The van der Waals surface area contributed by atoms with Crippen molar-refractivity contribution in [3.63, 3.8) is 0 Å². The Balaban J connectivity index is 2.60. The quantitative estimate of drug-likeness (QED) is 0.803. The van der Waals surface area contributed by atoms with Crippen LogP contribution in [-0.4, -0.2) is 6.61 Å². The van der Waals surface area contributed by atoms with Crippen LogP contribution in [-0.2, 0) is 6.42 Å². The zero-order chi connectivity index (χ0) is 12.3. The first kappa shape index (κ1) is 11.5. The Morgan fingerprint density at radius 2 is 2.18 bits per heavy atom. The van der Waals surface area contributed by atoms with Crippen LogP contribution in [0.4, 0.5) is 0 Å². The topological polar surface area (TPSA) is 46.2 Å². The van der Waals surface area contributed by atoms with E-state index in [4.69, 9.17) is 14.4 Å². The Kier molecular flexibility index (Phi) is 3.34. The van der Waals surface area contributed by atoms with Crippen LogP contribution in [0, 0.1) is 11.3 Å². The summed E-state index contributed by atoms with van der Waals surface area (Å²) < 4.78 is 11.3. The van der Waals surface area contributed by atoms with Crippen LogP contribution >= 0.6 is 0 Å². The third-order valence-corrected chi connectivity index (χ3v) is 2.62. The molecule has 0 N–H and O–H groups in total. The van der Waals surface area contributed by atoms with Gasteiger partial charge in [-0.3, -0.25) is 0 Å². The minimum absolute atomic E-state index is 0.588. The van der Waals surface area contributed by atoms with Crippen LogP contribution in [0.25, 0.3) is 11.0 Å². The van der Waals surface area contributed by atoms with Crippen LogP contribution in [0.1, 0.15) is 31.6 Å². The monoisotopic (exact) mass is 229 g/mol. The highest BCUT2D eigenvalue weighted by molar-refractivity contribution is 5.89. The van der Waals surface area contributed by atoms with Gasteiger partial charge in [-0.1, -0.05) is 6.92 Å². The van der Waals surface area contributed by atoms with Crippen LogP contribution < -0.4 is 4.74 Å². The van der Waals surface area contributed by atoms with Gasteiger partial charge in [-0.2, -0.15) is 5.26 Å². The molecule has 0 aliphatic heterocycles. The van der Waals surface area contributed by atoms with Gasteiger partial charge in [0.2, 0.25) is 0 Å². The van der Waals surface area contributed by atoms with Crippen molar-refractivity contribution in [2.24, 2.45) is 0 Å². The van der Waals surface area contributed by atoms with E-state index in [1.807, 2.05) is 13.0 Å².